The molecule has 0 radical (unpaired) electrons. The summed E-state index contributed by atoms with van der Waals surface area (Å²) in [6.07, 6.45) is -0.193. The van der Waals surface area contributed by atoms with E-state index in [4.69, 9.17) is 0 Å². The van der Waals surface area contributed by atoms with Gasteiger partial charge in [0.15, 0.2) is 17.5 Å². The zero-order chi connectivity index (χ0) is 20.9. The second kappa shape index (κ2) is 6.74. The number of carboxylic acids is 1. The van der Waals surface area contributed by atoms with E-state index in [0.717, 1.165) is 19.1 Å². The minimum Gasteiger partial charge on any atom is -0.477 e. The summed E-state index contributed by atoms with van der Waals surface area (Å²) in [7, 11) is 0. The number of aromatic nitrogens is 1. The van der Waals surface area contributed by atoms with Gasteiger partial charge < -0.3 is 9.67 Å². The number of pyridine rings is 1. The van der Waals surface area contributed by atoms with Gasteiger partial charge in [-0.15, -0.1) is 0 Å². The molecule has 4 nitrogen and oxygen atoms in total. The van der Waals surface area contributed by atoms with Crippen molar-refractivity contribution in [2.75, 3.05) is 0 Å². The van der Waals surface area contributed by atoms with E-state index < -0.39 is 68.2 Å². The minimum absolute atomic E-state index is 0.193. The van der Waals surface area contributed by atoms with Gasteiger partial charge in [0.25, 0.3) is 0 Å². The van der Waals surface area contributed by atoms with Gasteiger partial charge >= 0.3 is 5.97 Å². The van der Waals surface area contributed by atoms with Crippen LogP contribution >= 0.6 is 0 Å². The van der Waals surface area contributed by atoms with Crippen LogP contribution in [-0.2, 0) is 6.42 Å². The number of carbonyl (C=O) groups is 1. The Balaban J connectivity index is 2.75. The Hall–Kier alpha value is -3.23. The lowest BCUT2D eigenvalue weighted by atomic mass is 10.0. The fourth-order valence-corrected chi connectivity index (χ4v) is 3.24. The van der Waals surface area contributed by atoms with Crippen LogP contribution in [0.1, 0.15) is 28.5 Å². The number of nitrogens with zero attached hydrogens (tertiary/aromatic N) is 1. The number of hydrogen-bond donors (Lipinski definition) is 1. The summed E-state index contributed by atoms with van der Waals surface area (Å²) in [5.41, 5.74) is -4.38. The Morgan fingerprint density at radius 2 is 1.71 bits per heavy atom. The van der Waals surface area contributed by atoms with Gasteiger partial charge in [0, 0.05) is 17.3 Å². The van der Waals surface area contributed by atoms with E-state index in [2.05, 4.69) is 0 Å². The standard InChI is InChI=1S/C19H12F5NO3/c1-3-10-13(19(27)28)18(26)12-7(2)14(22)15(23)16(24)17(12)25(10)11-5-4-8(20)6-9(11)21/h4-6H,3H2,1-2H3,(H,27,28). The molecule has 146 valence electrons. The fourth-order valence-electron chi connectivity index (χ4n) is 3.24. The second-order valence-corrected chi connectivity index (χ2v) is 6.03. The molecular weight excluding hydrogens is 385 g/mol. The molecule has 2 aromatic carbocycles. The minimum atomic E-state index is -1.90. The highest BCUT2D eigenvalue weighted by atomic mass is 19.2. The molecule has 0 aliphatic heterocycles. The zero-order valence-corrected chi connectivity index (χ0v) is 14.5. The number of hydrogen-bond acceptors (Lipinski definition) is 2. The lowest BCUT2D eigenvalue weighted by Crippen LogP contribution is -2.26. The molecule has 0 bridgehead atoms. The maximum absolute atomic E-state index is 14.7. The summed E-state index contributed by atoms with van der Waals surface area (Å²) in [5, 5.41) is 8.74. The summed E-state index contributed by atoms with van der Waals surface area (Å²) in [6, 6.07) is 2.17. The zero-order valence-electron chi connectivity index (χ0n) is 14.5. The number of fused-ring (bicyclic) bond motifs is 1. The highest BCUT2D eigenvalue weighted by Gasteiger charge is 2.29. The Labute approximate surface area is 154 Å². The van der Waals surface area contributed by atoms with Gasteiger partial charge in [0.2, 0.25) is 5.43 Å². The van der Waals surface area contributed by atoms with Gasteiger partial charge in [-0.3, -0.25) is 4.79 Å². The molecule has 9 heteroatoms. The Kier molecular flexibility index (Phi) is 4.70. The third kappa shape index (κ3) is 2.65. The molecule has 0 aliphatic carbocycles. The molecule has 28 heavy (non-hydrogen) atoms. The smallest absolute Gasteiger partial charge is 0.341 e. The van der Waals surface area contributed by atoms with Crippen molar-refractivity contribution in [2.45, 2.75) is 20.3 Å². The molecule has 0 saturated carbocycles. The lowest BCUT2D eigenvalue weighted by molar-refractivity contribution is 0.0693. The van der Waals surface area contributed by atoms with Crippen molar-refractivity contribution in [3.05, 3.63) is 74.3 Å². The van der Waals surface area contributed by atoms with Crippen LogP contribution in [0.3, 0.4) is 0 Å². The number of carboxylic acid groups (broad SMARTS) is 1. The van der Waals surface area contributed by atoms with Crippen LogP contribution in [0.2, 0.25) is 0 Å². The first kappa shape index (κ1) is 19.5. The van der Waals surface area contributed by atoms with E-state index in [1.165, 1.54) is 6.92 Å². The Morgan fingerprint density at radius 3 is 2.25 bits per heavy atom. The van der Waals surface area contributed by atoms with E-state index in [0.29, 0.717) is 10.6 Å². The summed E-state index contributed by atoms with van der Waals surface area (Å²) in [6.45, 7) is 2.39. The molecular formula is C19H12F5NO3. The van der Waals surface area contributed by atoms with E-state index in [1.54, 1.807) is 0 Å². The van der Waals surface area contributed by atoms with Crippen molar-refractivity contribution in [3.8, 4) is 5.69 Å². The maximum atomic E-state index is 14.7. The van der Waals surface area contributed by atoms with E-state index in [9.17, 15) is 36.6 Å². The molecule has 0 spiro atoms. The van der Waals surface area contributed by atoms with Crippen LogP contribution in [0.25, 0.3) is 16.6 Å². The van der Waals surface area contributed by atoms with Crippen molar-refractivity contribution in [2.24, 2.45) is 0 Å². The van der Waals surface area contributed by atoms with Crippen LogP contribution < -0.4 is 5.43 Å². The molecule has 0 fully saturated rings. The van der Waals surface area contributed by atoms with Gasteiger partial charge in [0.05, 0.1) is 16.6 Å². The average molecular weight is 397 g/mol. The molecule has 0 aliphatic rings. The van der Waals surface area contributed by atoms with Crippen molar-refractivity contribution < 1.29 is 31.9 Å². The monoisotopic (exact) mass is 397 g/mol. The van der Waals surface area contributed by atoms with Crippen LogP contribution in [0.4, 0.5) is 22.0 Å². The van der Waals surface area contributed by atoms with Crippen LogP contribution in [-0.4, -0.2) is 15.6 Å². The molecule has 0 atom stereocenters. The summed E-state index contributed by atoms with van der Waals surface area (Å²) >= 11 is 0. The van der Waals surface area contributed by atoms with Gasteiger partial charge in [-0.25, -0.2) is 26.7 Å². The Morgan fingerprint density at radius 1 is 1.07 bits per heavy atom. The van der Waals surface area contributed by atoms with Crippen molar-refractivity contribution in [1.29, 1.82) is 0 Å². The van der Waals surface area contributed by atoms with Crippen LogP contribution in [0.5, 0.6) is 0 Å². The summed E-state index contributed by atoms with van der Waals surface area (Å²) in [5.74, 6) is -9.22. The number of aromatic carboxylic acids is 1. The maximum Gasteiger partial charge on any atom is 0.341 e. The van der Waals surface area contributed by atoms with Gasteiger partial charge in [-0.1, -0.05) is 6.92 Å². The fraction of sp³-hybridized carbons (Fsp3) is 0.158. The third-order valence-electron chi connectivity index (χ3n) is 4.47. The lowest BCUT2D eigenvalue weighted by Gasteiger charge is -2.21. The molecule has 3 rings (SSSR count). The average Bonchev–Trinajstić information content (AvgIpc) is 2.63. The molecule has 0 amide bonds. The van der Waals surface area contributed by atoms with Crippen molar-refractivity contribution in [1.82, 2.24) is 4.57 Å². The number of benzene rings is 2. The van der Waals surface area contributed by atoms with E-state index in [1.807, 2.05) is 0 Å². The molecule has 0 saturated heterocycles. The first-order valence-electron chi connectivity index (χ1n) is 8.05. The molecule has 3 aromatic rings. The molecule has 0 unspecified atom stereocenters. The number of aryl methyl sites for hydroxylation is 1. The van der Waals surface area contributed by atoms with Crippen LogP contribution in [0, 0.1) is 36.0 Å². The summed E-state index contributed by atoms with van der Waals surface area (Å²) in [4.78, 5) is 24.4. The molecule has 1 N–H and O–H groups in total. The first-order valence-corrected chi connectivity index (χ1v) is 8.05. The van der Waals surface area contributed by atoms with Gasteiger partial charge in [0.1, 0.15) is 17.2 Å². The predicted octanol–water partition coefficient (Wildman–Crippen LogP) is 4.26. The van der Waals surface area contributed by atoms with Crippen LogP contribution in [0.15, 0.2) is 23.0 Å². The predicted molar refractivity (Wildman–Crippen MR) is 90.4 cm³/mol. The molecule has 1 aromatic heterocycles. The van der Waals surface area contributed by atoms with Crippen molar-refractivity contribution >= 4 is 16.9 Å². The van der Waals surface area contributed by atoms with E-state index >= 15 is 0 Å². The summed E-state index contributed by atoms with van der Waals surface area (Å²) < 4.78 is 71.3. The Bertz CT molecular complexity index is 1220. The molecule has 1 heterocycles. The highest BCUT2D eigenvalue weighted by molar-refractivity contribution is 5.96. The normalized spacial score (nSPS) is 11.2. The van der Waals surface area contributed by atoms with Gasteiger partial charge in [-0.2, -0.15) is 0 Å². The first-order chi connectivity index (χ1) is 13.1. The van der Waals surface area contributed by atoms with Crippen molar-refractivity contribution in [3.63, 3.8) is 0 Å². The third-order valence-corrected chi connectivity index (χ3v) is 4.47. The topological polar surface area (TPSA) is 59.3 Å². The largest absolute Gasteiger partial charge is 0.477 e. The quantitative estimate of drug-likeness (QED) is 0.531. The number of rotatable bonds is 3. The van der Waals surface area contributed by atoms with Gasteiger partial charge in [-0.05, 0) is 25.5 Å². The SMILES string of the molecule is CCc1c(C(=O)O)c(=O)c2c(C)c(F)c(F)c(F)c2n1-c1ccc(F)cc1F. The number of halogens is 5. The highest BCUT2D eigenvalue weighted by Crippen LogP contribution is 2.31. The van der Waals surface area contributed by atoms with E-state index in [-0.39, 0.29) is 12.1 Å². The second-order valence-electron chi connectivity index (χ2n) is 6.03.